The molecule has 12 rings (SSSR count). The molecular weight excluding hydrogens is 1390 g/mol. The molecule has 3 aliphatic heterocycles. The van der Waals surface area contributed by atoms with Crippen LogP contribution in [0.1, 0.15) is 144 Å². The predicted octanol–water partition coefficient (Wildman–Crippen LogP) is 10.4. The van der Waals surface area contributed by atoms with Crippen molar-refractivity contribution in [2.45, 2.75) is 176 Å². The van der Waals surface area contributed by atoms with Crippen molar-refractivity contribution in [1.29, 1.82) is 0 Å². The Hall–Kier alpha value is -8.35. The minimum atomic E-state index is -0.731. The number of aromatic amines is 1. The van der Waals surface area contributed by atoms with Crippen LogP contribution >= 0.6 is 56.9 Å². The van der Waals surface area contributed by atoms with Gasteiger partial charge in [0, 0.05) is 69.1 Å². The number of thiazole rings is 3. The van der Waals surface area contributed by atoms with E-state index in [9.17, 15) is 44.1 Å². The number of hydrogen-bond donors (Lipinski definition) is 7. The summed E-state index contributed by atoms with van der Waals surface area (Å²) in [5.41, 5.74) is 17.1. The molecule has 3 aromatic carbocycles. The fourth-order valence-electron chi connectivity index (χ4n) is 13.2. The van der Waals surface area contributed by atoms with Gasteiger partial charge in [-0.05, 0) is 116 Å². The highest BCUT2D eigenvalue weighted by Crippen LogP contribution is 2.37. The molecule has 3 aliphatic rings. The lowest BCUT2D eigenvalue weighted by molar-refractivity contribution is -0.140. The van der Waals surface area contributed by atoms with Gasteiger partial charge in [0.1, 0.15) is 28.1 Å². The predicted molar refractivity (Wildman–Crippen MR) is 398 cm³/mol. The molecule has 9 heterocycles. The zero-order chi connectivity index (χ0) is 73.2. The van der Waals surface area contributed by atoms with Gasteiger partial charge in [0.2, 0.25) is 35.4 Å². The molecule has 3 fully saturated rings. The number of nitrogens with one attached hydrogen (secondary N) is 4. The zero-order valence-corrected chi connectivity index (χ0v) is 63.5. The maximum absolute atomic E-state index is 13.5. The minimum Gasteiger partial charge on any atom is -0.391 e. The number of H-pyrrole nitrogens is 1. The summed E-state index contributed by atoms with van der Waals surface area (Å²) in [5, 5.41) is 56.6. The van der Waals surface area contributed by atoms with Gasteiger partial charge < -0.3 is 46.0 Å². The van der Waals surface area contributed by atoms with Crippen molar-refractivity contribution in [3.63, 3.8) is 0 Å². The largest absolute Gasteiger partial charge is 0.391 e. The number of rotatable bonds is 21. The van der Waals surface area contributed by atoms with Crippen molar-refractivity contribution in [3.8, 4) is 31.3 Å². The number of benzene rings is 3. The lowest BCUT2D eigenvalue weighted by atomic mass is 9.90. The summed E-state index contributed by atoms with van der Waals surface area (Å²) in [6.45, 7) is 24.9. The van der Waals surface area contributed by atoms with Crippen molar-refractivity contribution in [1.82, 2.24) is 70.4 Å². The smallest absolute Gasteiger partial charge is 0.243 e. The van der Waals surface area contributed by atoms with Crippen LogP contribution in [0, 0.1) is 59.3 Å². The molecule has 0 radical (unpaired) electrons. The van der Waals surface area contributed by atoms with Crippen molar-refractivity contribution in [2.24, 2.45) is 17.8 Å². The molecule has 0 aliphatic carbocycles. The Balaban J connectivity index is 0.000000165. The lowest BCUT2D eigenvalue weighted by Gasteiger charge is -2.29. The van der Waals surface area contributed by atoms with E-state index >= 15 is 0 Å². The van der Waals surface area contributed by atoms with Crippen LogP contribution in [0.4, 0.5) is 0 Å². The molecule has 28 heteroatoms. The number of nitrogens with zero attached hydrogens (tertiary/aromatic N) is 10. The van der Waals surface area contributed by atoms with E-state index in [1.54, 1.807) is 38.9 Å². The molecule has 102 heavy (non-hydrogen) atoms. The quantitative estimate of drug-likeness (QED) is 0.0352. The summed E-state index contributed by atoms with van der Waals surface area (Å²) in [4.78, 5) is 101. The molecule has 6 aromatic heterocycles. The van der Waals surface area contributed by atoms with Gasteiger partial charge in [-0.15, -0.1) is 55.5 Å². The van der Waals surface area contributed by atoms with E-state index < -0.39 is 48.3 Å². The third kappa shape index (κ3) is 18.5. The van der Waals surface area contributed by atoms with E-state index in [4.69, 9.17) is 0 Å². The first-order valence-corrected chi connectivity index (χ1v) is 38.5. The number of carbonyl (C=O) groups excluding carboxylic acids is 6. The van der Waals surface area contributed by atoms with E-state index in [0.29, 0.717) is 30.3 Å². The summed E-state index contributed by atoms with van der Waals surface area (Å²) in [5.74, 6) is -2.56. The van der Waals surface area contributed by atoms with Gasteiger partial charge in [-0.3, -0.25) is 33.9 Å². The average molecular weight is 1480 g/mol. The van der Waals surface area contributed by atoms with E-state index in [-0.39, 0.29) is 98.0 Å². The van der Waals surface area contributed by atoms with Crippen LogP contribution in [0.3, 0.4) is 0 Å². The number of aliphatic hydroxyl groups is 3. The number of aryl methyl sites for hydroxylation is 6. The molecule has 3 saturated heterocycles. The highest BCUT2D eigenvalue weighted by atomic mass is 32.1. The fraction of sp³-hybridized carbons (Fsp3) is 0.446. The van der Waals surface area contributed by atoms with E-state index in [1.807, 2.05) is 185 Å². The van der Waals surface area contributed by atoms with E-state index in [1.165, 1.54) is 32.7 Å². The lowest BCUT2D eigenvalue weighted by Crippen LogP contribution is -2.48. The number of aromatic nitrogens is 8. The third-order valence-electron chi connectivity index (χ3n) is 18.5. The molecule has 0 bridgehead atoms. The van der Waals surface area contributed by atoms with Crippen molar-refractivity contribution in [2.75, 3.05) is 19.6 Å². The molecular formula is C74H90N14O9S5. The molecule has 540 valence electrons. The minimum absolute atomic E-state index is 0.00245. The molecule has 23 nitrogen and oxygen atoms in total. The van der Waals surface area contributed by atoms with Crippen LogP contribution in [0.15, 0.2) is 101 Å². The molecule has 9 atom stereocenters. The zero-order valence-electron chi connectivity index (χ0n) is 59.4. The summed E-state index contributed by atoms with van der Waals surface area (Å²) in [6, 6.07) is 25.8. The third-order valence-corrected chi connectivity index (χ3v) is 23.3. The van der Waals surface area contributed by atoms with Crippen molar-refractivity contribution in [3.05, 3.63) is 167 Å². The van der Waals surface area contributed by atoms with Crippen molar-refractivity contribution < 1.29 is 44.1 Å². The number of hydrogen-bond acceptors (Lipinski definition) is 21. The average Bonchev–Trinajstić information content (AvgIpc) is 1.62. The van der Waals surface area contributed by atoms with Gasteiger partial charge in [0.05, 0.1) is 95.7 Å². The number of likely N-dealkylation sites (tertiary alicyclic amines) is 3. The van der Waals surface area contributed by atoms with Gasteiger partial charge >= 0.3 is 0 Å². The van der Waals surface area contributed by atoms with Gasteiger partial charge in [0.15, 0.2) is 0 Å². The summed E-state index contributed by atoms with van der Waals surface area (Å²) in [6.07, 6.45) is -1.47. The van der Waals surface area contributed by atoms with Gasteiger partial charge in [-0.1, -0.05) is 114 Å². The second-order valence-corrected chi connectivity index (χ2v) is 32.0. The maximum atomic E-state index is 13.5. The Morgan fingerprint density at radius 2 is 0.863 bits per heavy atom. The van der Waals surface area contributed by atoms with Gasteiger partial charge in [-0.25, -0.2) is 15.0 Å². The number of aliphatic hydroxyl groups excluding tert-OH is 3. The SMILES string of the molecule is Cc1cc([C@H](C(=O)N2C[C@H](O)C[C@H]2C(=O)NCc2ccc(-c3scnc3C)cc2)C(C)C)n[nH]1.Cc1cc([C@H](C(=O)N2C[C@H](O)C[C@H]2C(=O)NCc2ccc(-c3scnc3C)cc2)C(C)C)sn1.Cc1nnc([C@H](C(=O)N2C[C@H](O)C[C@H]2C(=O)NCc2ccc(-c3scnc3C)cc2)C(C)C)s1. The van der Waals surface area contributed by atoms with Crippen LogP contribution in [0.2, 0.25) is 0 Å². The standard InChI is InChI=1S/C25H31N5O3S.C25H30N4O3S2.C24H29N5O3S2/c1-14(2)22(20-9-15(3)28-29-20)25(33)30-12-19(31)10-21(30)24(32)26-11-17-5-7-18(8-6-17)23-16(4)27-13-34-23;1-14(2)22(21-9-15(3)28-34-21)25(32)29-12-19(30)10-20(29)24(31)26-11-17-5-7-18(8-6-17)23-16(4)27-13-33-23;1-13(2)20(23-28-27-15(4)34-23)24(32)29-11-18(30)9-19(29)22(31)25-10-16-5-7-17(8-6-16)21-14(3)26-12-33-21/h5-9,13-14,19,21-22,31H,10-12H2,1-4H3,(H,26,32)(H,28,29);5-9,13-14,19-20,22,30H,10-12H2,1-4H3,(H,26,31);5-8,12-13,18-20,30H,9-11H2,1-4H3,(H,25,31)/t19-,21+,22-;19-,20+,22-;18-,19+,20-/m111/s1. The first-order valence-electron chi connectivity index (χ1n) is 34.2. The first-order chi connectivity index (χ1) is 48.7. The Kier molecular flexibility index (Phi) is 25.6. The van der Waals surface area contributed by atoms with Crippen LogP contribution in [0.5, 0.6) is 0 Å². The maximum Gasteiger partial charge on any atom is 0.243 e. The van der Waals surface area contributed by atoms with E-state index in [0.717, 1.165) is 86.4 Å². The van der Waals surface area contributed by atoms with Crippen LogP contribution in [-0.2, 0) is 48.4 Å². The van der Waals surface area contributed by atoms with E-state index in [2.05, 4.69) is 55.7 Å². The highest BCUT2D eigenvalue weighted by Gasteiger charge is 2.46. The molecule has 0 spiro atoms. The second kappa shape index (κ2) is 34.3. The first kappa shape index (κ1) is 76.3. The molecule has 6 amide bonds. The summed E-state index contributed by atoms with van der Waals surface area (Å²) >= 11 is 7.53. The summed E-state index contributed by atoms with van der Waals surface area (Å²) in [7, 11) is 0. The van der Waals surface area contributed by atoms with Crippen LogP contribution < -0.4 is 16.0 Å². The number of β-amino-alcohol motifs (C(OH)–C–C–N with tert-alkyl or cyclic N) is 3. The molecule has 0 unspecified atom stereocenters. The van der Waals surface area contributed by atoms with Gasteiger partial charge in [0.25, 0.3) is 0 Å². The molecule has 0 saturated carbocycles. The Bertz CT molecular complexity index is 3900. The van der Waals surface area contributed by atoms with Crippen molar-refractivity contribution >= 4 is 92.3 Å². The second-order valence-electron chi connectivity index (χ2n) is 27.4. The number of carbonyl (C=O) groups is 6. The Morgan fingerprint density at radius 1 is 0.500 bits per heavy atom. The van der Waals surface area contributed by atoms with Crippen LogP contribution in [0.25, 0.3) is 31.3 Å². The number of amides is 6. The Morgan fingerprint density at radius 3 is 1.16 bits per heavy atom. The summed E-state index contributed by atoms with van der Waals surface area (Å²) < 4.78 is 4.33. The molecule has 9 aromatic rings. The topological polar surface area (TPSA) is 315 Å². The molecule has 7 N–H and O–H groups in total. The highest BCUT2D eigenvalue weighted by molar-refractivity contribution is 7.14. The fourth-order valence-corrected chi connectivity index (χ4v) is 17.6. The van der Waals surface area contributed by atoms with Crippen LogP contribution in [-0.4, -0.2) is 161 Å². The normalized spacial score (nSPS) is 18.9. The van der Waals surface area contributed by atoms with Gasteiger partial charge in [-0.2, -0.15) is 9.47 Å². The Labute approximate surface area is 614 Å². The monoisotopic (exact) mass is 1480 g/mol.